The fourth-order valence-electron chi connectivity index (χ4n) is 1.00. The van der Waals surface area contributed by atoms with Crippen molar-refractivity contribution in [2.75, 3.05) is 12.8 Å². The zero-order valence-corrected chi connectivity index (χ0v) is 8.61. The third-order valence-corrected chi connectivity index (χ3v) is 1.69. The lowest BCUT2D eigenvalue weighted by Gasteiger charge is -2.02. The first-order valence-electron chi connectivity index (χ1n) is 3.69. The Morgan fingerprint density at radius 3 is 2.60 bits per heavy atom. The van der Waals surface area contributed by atoms with Crippen molar-refractivity contribution in [2.45, 2.75) is 0 Å². The minimum absolute atomic E-state index is 0. The average Bonchev–Trinajstić information content (AvgIpc) is 2.16. The fraction of sp³-hybridized carbons (Fsp3) is 0.125. The highest BCUT2D eigenvalue weighted by atomic mass is 35.5. The molecular formula is C8H9ClN2O4. The molecular weight excluding hydrogens is 224 g/mol. The highest BCUT2D eigenvalue weighted by Gasteiger charge is 2.18. The smallest absolute Gasteiger partial charge is 0.340 e. The molecule has 0 fully saturated rings. The number of nitro groups is 1. The van der Waals surface area contributed by atoms with Crippen molar-refractivity contribution < 1.29 is 14.5 Å². The van der Waals surface area contributed by atoms with Crippen LogP contribution in [0.15, 0.2) is 18.2 Å². The summed E-state index contributed by atoms with van der Waals surface area (Å²) in [6, 6.07) is 3.97. The molecule has 0 unspecified atom stereocenters. The number of para-hydroxylation sites is 1. The summed E-state index contributed by atoms with van der Waals surface area (Å²) in [5, 5.41) is 10.5. The maximum absolute atomic E-state index is 11.1. The molecule has 2 N–H and O–H groups in total. The van der Waals surface area contributed by atoms with Crippen LogP contribution in [-0.2, 0) is 4.74 Å². The first-order valence-corrected chi connectivity index (χ1v) is 3.69. The highest BCUT2D eigenvalue weighted by Crippen LogP contribution is 2.24. The summed E-state index contributed by atoms with van der Waals surface area (Å²) < 4.78 is 4.41. The number of nitrogen functional groups attached to an aromatic ring is 1. The average molecular weight is 233 g/mol. The van der Waals surface area contributed by atoms with E-state index < -0.39 is 10.9 Å². The summed E-state index contributed by atoms with van der Waals surface area (Å²) in [6.07, 6.45) is 0. The Hall–Kier alpha value is -1.82. The lowest BCUT2D eigenvalue weighted by atomic mass is 10.1. The molecule has 82 valence electrons. The van der Waals surface area contributed by atoms with E-state index in [2.05, 4.69) is 4.74 Å². The molecule has 7 heteroatoms. The van der Waals surface area contributed by atoms with E-state index in [-0.39, 0.29) is 29.3 Å². The van der Waals surface area contributed by atoms with Crippen molar-refractivity contribution in [3.8, 4) is 0 Å². The minimum Gasteiger partial charge on any atom is -0.465 e. The molecule has 0 aliphatic heterocycles. The summed E-state index contributed by atoms with van der Waals surface area (Å²) in [5.41, 5.74) is 4.95. The van der Waals surface area contributed by atoms with Crippen molar-refractivity contribution in [1.29, 1.82) is 0 Å². The maximum atomic E-state index is 11.1. The molecule has 0 aliphatic rings. The van der Waals surface area contributed by atoms with Gasteiger partial charge in [-0.1, -0.05) is 6.07 Å². The van der Waals surface area contributed by atoms with Gasteiger partial charge in [0.25, 0.3) is 5.69 Å². The molecule has 0 saturated carbocycles. The van der Waals surface area contributed by atoms with E-state index in [4.69, 9.17) is 5.73 Å². The van der Waals surface area contributed by atoms with Crippen molar-refractivity contribution in [3.63, 3.8) is 0 Å². The molecule has 1 aromatic carbocycles. The number of methoxy groups -OCH3 is 1. The summed E-state index contributed by atoms with van der Waals surface area (Å²) >= 11 is 0. The van der Waals surface area contributed by atoms with Gasteiger partial charge >= 0.3 is 5.97 Å². The normalized spacial score (nSPS) is 8.87. The number of carbonyl (C=O) groups is 1. The Bertz CT molecular complexity index is 394. The first-order chi connectivity index (χ1) is 6.57. The Morgan fingerprint density at radius 2 is 2.13 bits per heavy atom. The van der Waals surface area contributed by atoms with Crippen LogP contribution in [0.2, 0.25) is 0 Å². The van der Waals surface area contributed by atoms with Crippen LogP contribution in [-0.4, -0.2) is 18.0 Å². The largest absolute Gasteiger partial charge is 0.465 e. The predicted molar refractivity (Wildman–Crippen MR) is 56.1 cm³/mol. The van der Waals surface area contributed by atoms with Gasteiger partial charge in [-0.05, 0) is 6.07 Å². The van der Waals surface area contributed by atoms with Gasteiger partial charge in [-0.3, -0.25) is 10.1 Å². The molecule has 1 rings (SSSR count). The maximum Gasteiger partial charge on any atom is 0.340 e. The lowest BCUT2D eigenvalue weighted by molar-refractivity contribution is -0.383. The van der Waals surface area contributed by atoms with Gasteiger partial charge in [-0.15, -0.1) is 12.4 Å². The van der Waals surface area contributed by atoms with Crippen molar-refractivity contribution >= 4 is 29.8 Å². The summed E-state index contributed by atoms with van der Waals surface area (Å²) in [6.45, 7) is 0. The number of hydrogen-bond acceptors (Lipinski definition) is 5. The van der Waals surface area contributed by atoms with Crippen LogP contribution in [0.25, 0.3) is 0 Å². The number of nitro benzene ring substituents is 1. The number of halogens is 1. The Kier molecular flexibility index (Phi) is 4.53. The SMILES string of the molecule is COC(=O)c1cccc([N+](=O)[O-])c1N.Cl. The van der Waals surface area contributed by atoms with Crippen molar-refractivity contribution in [2.24, 2.45) is 0 Å². The fourth-order valence-corrected chi connectivity index (χ4v) is 1.00. The monoisotopic (exact) mass is 232 g/mol. The van der Waals surface area contributed by atoms with E-state index in [1.54, 1.807) is 0 Å². The third kappa shape index (κ3) is 2.57. The second-order valence-electron chi connectivity index (χ2n) is 2.49. The van der Waals surface area contributed by atoms with Crippen LogP contribution in [0, 0.1) is 10.1 Å². The molecule has 0 aliphatic carbocycles. The van der Waals surface area contributed by atoms with Gasteiger partial charge in [-0.25, -0.2) is 4.79 Å². The quantitative estimate of drug-likeness (QED) is 0.360. The number of benzene rings is 1. The van der Waals surface area contributed by atoms with E-state index in [9.17, 15) is 14.9 Å². The zero-order valence-electron chi connectivity index (χ0n) is 7.80. The zero-order chi connectivity index (χ0) is 10.7. The van der Waals surface area contributed by atoms with Crippen LogP contribution >= 0.6 is 12.4 Å². The molecule has 0 heterocycles. The summed E-state index contributed by atoms with van der Waals surface area (Å²) in [7, 11) is 1.18. The second kappa shape index (κ2) is 5.16. The molecule has 0 saturated heterocycles. The molecule has 0 radical (unpaired) electrons. The predicted octanol–water partition coefficient (Wildman–Crippen LogP) is 1.39. The number of carbonyl (C=O) groups excluding carboxylic acids is 1. The van der Waals surface area contributed by atoms with E-state index in [1.165, 1.54) is 25.3 Å². The van der Waals surface area contributed by atoms with Gasteiger partial charge in [0.1, 0.15) is 5.69 Å². The standard InChI is InChI=1S/C8H8N2O4.ClH/c1-14-8(11)5-3-2-4-6(7(5)9)10(12)13;/h2-4H,9H2,1H3;1H. The van der Waals surface area contributed by atoms with Crippen molar-refractivity contribution in [1.82, 2.24) is 0 Å². The Balaban J connectivity index is 0.00000196. The van der Waals surface area contributed by atoms with Gasteiger partial charge in [0.15, 0.2) is 0 Å². The number of ether oxygens (including phenoxy) is 1. The molecule has 6 nitrogen and oxygen atoms in total. The minimum atomic E-state index is -0.689. The van der Waals surface area contributed by atoms with Crippen LogP contribution in [0.3, 0.4) is 0 Å². The van der Waals surface area contributed by atoms with Gasteiger partial charge in [-0.2, -0.15) is 0 Å². The number of esters is 1. The number of hydrogen-bond donors (Lipinski definition) is 1. The van der Waals surface area contributed by atoms with Gasteiger partial charge in [0.2, 0.25) is 0 Å². The summed E-state index contributed by atoms with van der Waals surface area (Å²) in [4.78, 5) is 20.9. The van der Waals surface area contributed by atoms with Crippen LogP contribution in [0.4, 0.5) is 11.4 Å². The molecule has 15 heavy (non-hydrogen) atoms. The van der Waals surface area contributed by atoms with Crippen LogP contribution in [0.5, 0.6) is 0 Å². The van der Waals surface area contributed by atoms with Gasteiger partial charge < -0.3 is 10.5 Å². The van der Waals surface area contributed by atoms with E-state index in [0.717, 1.165) is 0 Å². The van der Waals surface area contributed by atoms with E-state index >= 15 is 0 Å². The first kappa shape index (κ1) is 13.2. The second-order valence-corrected chi connectivity index (χ2v) is 2.49. The number of nitrogens with zero attached hydrogens (tertiary/aromatic N) is 1. The molecule has 0 spiro atoms. The lowest BCUT2D eigenvalue weighted by Crippen LogP contribution is -2.07. The topological polar surface area (TPSA) is 95.5 Å². The number of rotatable bonds is 2. The number of nitrogens with two attached hydrogens (primary N) is 1. The summed E-state index contributed by atoms with van der Waals surface area (Å²) in [5.74, 6) is -0.689. The van der Waals surface area contributed by atoms with E-state index in [1.807, 2.05) is 0 Å². The number of anilines is 1. The Morgan fingerprint density at radius 1 is 1.53 bits per heavy atom. The highest BCUT2D eigenvalue weighted by molar-refractivity contribution is 5.97. The molecule has 0 aromatic heterocycles. The van der Waals surface area contributed by atoms with Crippen molar-refractivity contribution in [3.05, 3.63) is 33.9 Å². The van der Waals surface area contributed by atoms with Crippen LogP contribution in [0.1, 0.15) is 10.4 Å². The molecule has 0 amide bonds. The van der Waals surface area contributed by atoms with Crippen LogP contribution < -0.4 is 5.73 Å². The Labute approximate surface area is 91.6 Å². The van der Waals surface area contributed by atoms with Gasteiger partial charge in [0, 0.05) is 6.07 Å². The molecule has 0 atom stereocenters. The van der Waals surface area contributed by atoms with Gasteiger partial charge in [0.05, 0.1) is 17.6 Å². The molecule has 0 bridgehead atoms. The third-order valence-electron chi connectivity index (χ3n) is 1.69. The van der Waals surface area contributed by atoms with E-state index in [0.29, 0.717) is 0 Å². The molecule has 1 aromatic rings.